The monoisotopic (exact) mass is 408 g/mol. The molecule has 0 radical (unpaired) electrons. The minimum atomic E-state index is -0.502. The molecule has 30 heavy (non-hydrogen) atoms. The molecule has 0 fully saturated rings. The molecule has 1 amide bonds. The van der Waals surface area contributed by atoms with Crippen LogP contribution in [0.5, 0.6) is 0 Å². The van der Waals surface area contributed by atoms with Gasteiger partial charge >= 0.3 is 0 Å². The number of hydrogen-bond donors (Lipinski definition) is 1. The maximum absolute atomic E-state index is 14.5. The number of halogens is 1. The van der Waals surface area contributed by atoms with Gasteiger partial charge in [0.05, 0.1) is 11.3 Å². The third-order valence-corrected chi connectivity index (χ3v) is 4.47. The predicted octanol–water partition coefficient (Wildman–Crippen LogP) is 3.99. The number of nitrogens with zero attached hydrogens (tertiary/aromatic N) is 5. The topological polar surface area (TPSA) is 98.2 Å². The van der Waals surface area contributed by atoms with Crippen molar-refractivity contribution in [2.24, 2.45) is 5.92 Å². The first-order valence-corrected chi connectivity index (χ1v) is 9.56. The van der Waals surface area contributed by atoms with Gasteiger partial charge in [0.15, 0.2) is 11.7 Å². The van der Waals surface area contributed by atoms with Crippen LogP contribution in [0.4, 0.5) is 10.1 Å². The highest BCUT2D eigenvalue weighted by Crippen LogP contribution is 2.25. The zero-order valence-corrected chi connectivity index (χ0v) is 17.1. The fourth-order valence-electron chi connectivity index (χ4n) is 3.22. The number of carbonyl (C=O) groups excluding carboxylic acids is 1. The predicted molar refractivity (Wildman–Crippen MR) is 109 cm³/mol. The maximum Gasteiger partial charge on any atom is 0.293 e. The quantitative estimate of drug-likeness (QED) is 0.536. The van der Waals surface area contributed by atoms with Crippen molar-refractivity contribution in [3.63, 3.8) is 0 Å². The minimum absolute atomic E-state index is 0.117. The summed E-state index contributed by atoms with van der Waals surface area (Å²) in [4.78, 5) is 25.2. The number of rotatable bonds is 5. The Morgan fingerprint density at radius 1 is 1.27 bits per heavy atom. The van der Waals surface area contributed by atoms with E-state index in [1.807, 2.05) is 6.20 Å². The number of carbonyl (C=O) groups is 1. The van der Waals surface area contributed by atoms with Crippen LogP contribution in [0, 0.1) is 25.6 Å². The fraction of sp³-hybridized carbons (Fsp3) is 0.286. The van der Waals surface area contributed by atoms with E-state index in [0.29, 0.717) is 29.0 Å². The number of benzene rings is 1. The Morgan fingerprint density at radius 3 is 2.77 bits per heavy atom. The van der Waals surface area contributed by atoms with Gasteiger partial charge in [0.1, 0.15) is 5.82 Å². The van der Waals surface area contributed by atoms with Crippen LogP contribution in [0.25, 0.3) is 17.2 Å². The van der Waals surface area contributed by atoms with Crippen LogP contribution in [0.15, 0.2) is 35.0 Å². The van der Waals surface area contributed by atoms with Gasteiger partial charge < -0.3 is 9.73 Å². The lowest BCUT2D eigenvalue weighted by molar-refractivity contribution is 0.0994. The normalized spacial score (nSPS) is 11.4. The molecule has 3 heterocycles. The van der Waals surface area contributed by atoms with Gasteiger partial charge in [0.2, 0.25) is 5.76 Å². The van der Waals surface area contributed by atoms with Crippen molar-refractivity contribution in [3.05, 3.63) is 59.3 Å². The summed E-state index contributed by atoms with van der Waals surface area (Å²) in [6.07, 6.45) is 4.45. The van der Waals surface area contributed by atoms with Gasteiger partial charge in [-0.3, -0.25) is 4.79 Å². The third-order valence-electron chi connectivity index (χ3n) is 4.47. The highest BCUT2D eigenvalue weighted by Gasteiger charge is 2.18. The average Bonchev–Trinajstić information content (AvgIpc) is 3.24. The van der Waals surface area contributed by atoms with E-state index >= 15 is 0 Å². The molecule has 4 aromatic rings. The number of aryl methyl sites for hydroxylation is 2. The summed E-state index contributed by atoms with van der Waals surface area (Å²) < 4.78 is 21.4. The molecular formula is C21H21FN6O2. The van der Waals surface area contributed by atoms with E-state index in [1.165, 1.54) is 18.2 Å². The third kappa shape index (κ3) is 3.91. The molecule has 0 bridgehead atoms. The zero-order valence-electron chi connectivity index (χ0n) is 17.1. The average molecular weight is 408 g/mol. The Hall–Kier alpha value is -3.62. The molecule has 1 aromatic carbocycles. The molecule has 0 aliphatic carbocycles. The molecule has 0 saturated heterocycles. The Kier molecular flexibility index (Phi) is 5.03. The first-order valence-electron chi connectivity index (χ1n) is 9.56. The highest BCUT2D eigenvalue weighted by atomic mass is 19.1. The van der Waals surface area contributed by atoms with Gasteiger partial charge in [-0.2, -0.15) is 4.98 Å². The van der Waals surface area contributed by atoms with Crippen LogP contribution in [-0.2, 0) is 6.42 Å². The molecule has 154 valence electrons. The van der Waals surface area contributed by atoms with E-state index in [4.69, 9.17) is 4.42 Å². The van der Waals surface area contributed by atoms with Gasteiger partial charge in [-0.05, 0) is 43.0 Å². The first-order chi connectivity index (χ1) is 14.3. The summed E-state index contributed by atoms with van der Waals surface area (Å²) in [7, 11) is 0. The van der Waals surface area contributed by atoms with Gasteiger partial charge in [-0.25, -0.2) is 18.9 Å². The number of hydrogen-bond acceptors (Lipinski definition) is 6. The standard InChI is InChI=1S/C21H21FN6O2/c1-11(2)7-14-9-23-21-26-19(27-28(21)10-14)16-8-15(5-6-17(16)22)25-20(29)18-12(3)24-13(4)30-18/h5-6,8-11H,7H2,1-4H3,(H,25,29). The highest BCUT2D eigenvalue weighted by molar-refractivity contribution is 6.03. The Bertz CT molecular complexity index is 1240. The van der Waals surface area contributed by atoms with E-state index in [0.717, 1.165) is 12.0 Å². The van der Waals surface area contributed by atoms with Crippen molar-refractivity contribution in [1.29, 1.82) is 0 Å². The minimum Gasteiger partial charge on any atom is -0.436 e. The summed E-state index contributed by atoms with van der Waals surface area (Å²) in [5.41, 5.74) is 2.05. The largest absolute Gasteiger partial charge is 0.436 e. The smallest absolute Gasteiger partial charge is 0.293 e. The molecular weight excluding hydrogens is 387 g/mol. The molecule has 0 spiro atoms. The number of oxazole rings is 1. The lowest BCUT2D eigenvalue weighted by Gasteiger charge is -2.06. The molecule has 0 atom stereocenters. The maximum atomic E-state index is 14.5. The van der Waals surface area contributed by atoms with E-state index in [1.54, 1.807) is 24.6 Å². The number of anilines is 1. The van der Waals surface area contributed by atoms with Crippen molar-refractivity contribution in [1.82, 2.24) is 24.6 Å². The van der Waals surface area contributed by atoms with E-state index in [-0.39, 0.29) is 17.1 Å². The summed E-state index contributed by atoms with van der Waals surface area (Å²) in [6, 6.07) is 4.20. The van der Waals surface area contributed by atoms with Gasteiger partial charge in [-0.15, -0.1) is 5.10 Å². The van der Waals surface area contributed by atoms with Crippen LogP contribution < -0.4 is 5.32 Å². The Balaban J connectivity index is 1.64. The molecule has 9 heteroatoms. The second kappa shape index (κ2) is 7.66. The van der Waals surface area contributed by atoms with Crippen LogP contribution in [0.2, 0.25) is 0 Å². The molecule has 0 unspecified atom stereocenters. The first kappa shape index (κ1) is 19.7. The molecule has 3 aromatic heterocycles. The number of aromatic nitrogens is 5. The van der Waals surface area contributed by atoms with Gasteiger partial charge in [0, 0.05) is 25.0 Å². The van der Waals surface area contributed by atoms with Crippen LogP contribution in [0.3, 0.4) is 0 Å². The second-order valence-corrected chi connectivity index (χ2v) is 7.54. The molecule has 0 saturated carbocycles. The molecule has 0 aliphatic heterocycles. The Labute approximate surface area is 172 Å². The van der Waals surface area contributed by atoms with Crippen LogP contribution in [-0.4, -0.2) is 30.5 Å². The lowest BCUT2D eigenvalue weighted by atomic mass is 10.1. The summed E-state index contributed by atoms with van der Waals surface area (Å²) in [5, 5.41) is 7.07. The SMILES string of the molecule is Cc1nc(C)c(C(=O)Nc2ccc(F)c(-c3nc4ncc(CC(C)C)cn4n3)c2)o1. The molecule has 1 N–H and O–H groups in total. The van der Waals surface area contributed by atoms with E-state index in [2.05, 4.69) is 39.2 Å². The van der Waals surface area contributed by atoms with Gasteiger partial charge in [-0.1, -0.05) is 13.8 Å². The number of amides is 1. The van der Waals surface area contributed by atoms with Crippen molar-refractivity contribution < 1.29 is 13.6 Å². The molecule has 4 rings (SSSR count). The van der Waals surface area contributed by atoms with Crippen molar-refractivity contribution in [3.8, 4) is 11.4 Å². The van der Waals surface area contributed by atoms with Crippen LogP contribution in [0.1, 0.15) is 41.6 Å². The lowest BCUT2D eigenvalue weighted by Crippen LogP contribution is -2.12. The fourth-order valence-corrected chi connectivity index (χ4v) is 3.22. The van der Waals surface area contributed by atoms with Gasteiger partial charge in [0.25, 0.3) is 11.7 Å². The van der Waals surface area contributed by atoms with Crippen molar-refractivity contribution in [2.75, 3.05) is 5.32 Å². The zero-order chi connectivity index (χ0) is 21.4. The molecule has 0 aliphatic rings. The summed E-state index contributed by atoms with van der Waals surface area (Å²) in [6.45, 7) is 7.58. The summed E-state index contributed by atoms with van der Waals surface area (Å²) >= 11 is 0. The van der Waals surface area contributed by atoms with Crippen molar-refractivity contribution >= 4 is 17.4 Å². The molecule has 8 nitrogen and oxygen atoms in total. The number of nitrogens with one attached hydrogen (secondary N) is 1. The van der Waals surface area contributed by atoms with E-state index in [9.17, 15) is 9.18 Å². The second-order valence-electron chi connectivity index (χ2n) is 7.54. The van der Waals surface area contributed by atoms with Crippen molar-refractivity contribution in [2.45, 2.75) is 34.1 Å². The number of fused-ring (bicyclic) bond motifs is 1. The summed E-state index contributed by atoms with van der Waals surface area (Å²) in [5.74, 6) is 0.582. The van der Waals surface area contributed by atoms with Crippen LogP contribution >= 0.6 is 0 Å². The van der Waals surface area contributed by atoms with E-state index < -0.39 is 11.7 Å². The Morgan fingerprint density at radius 2 is 2.07 bits per heavy atom.